The van der Waals surface area contributed by atoms with Crippen molar-refractivity contribution in [1.82, 2.24) is 20.2 Å². The Morgan fingerprint density at radius 1 is 1.17 bits per heavy atom. The fourth-order valence-corrected chi connectivity index (χ4v) is 4.38. The Morgan fingerprint density at radius 2 is 1.86 bits per heavy atom. The lowest BCUT2D eigenvalue weighted by Crippen LogP contribution is -2.41. The molecule has 3 heterocycles. The smallest absolute Gasteiger partial charge is 0.251 e. The first-order chi connectivity index (χ1) is 14.0. The van der Waals surface area contributed by atoms with Crippen molar-refractivity contribution in [2.24, 2.45) is 5.92 Å². The number of piperidine rings is 1. The Bertz CT molecular complexity index is 945. The number of anilines is 1. The molecule has 4 rings (SSSR count). The van der Waals surface area contributed by atoms with Gasteiger partial charge in [0, 0.05) is 31.1 Å². The number of hydrogen-bond donors (Lipinski definition) is 1. The highest BCUT2D eigenvalue weighted by Gasteiger charge is 2.34. The summed E-state index contributed by atoms with van der Waals surface area (Å²) < 4.78 is 10.8. The molecule has 0 spiro atoms. The summed E-state index contributed by atoms with van der Waals surface area (Å²) in [7, 11) is 3.24. The van der Waals surface area contributed by atoms with E-state index in [1.165, 1.54) is 0 Å². The van der Waals surface area contributed by atoms with Crippen molar-refractivity contribution in [2.75, 3.05) is 38.8 Å². The first kappa shape index (κ1) is 19.6. The molecule has 2 aromatic rings. The minimum Gasteiger partial charge on any atom is -0.493 e. The van der Waals surface area contributed by atoms with Gasteiger partial charge in [0.05, 0.1) is 19.7 Å². The molecule has 2 fully saturated rings. The summed E-state index contributed by atoms with van der Waals surface area (Å²) in [6, 6.07) is 3.59. The lowest BCUT2D eigenvalue weighted by molar-refractivity contribution is -0.127. The predicted octanol–water partition coefficient (Wildman–Crippen LogP) is 1.97. The van der Waals surface area contributed by atoms with Crippen LogP contribution in [0.15, 0.2) is 18.5 Å². The molecule has 0 bridgehead atoms. The predicted molar refractivity (Wildman–Crippen MR) is 114 cm³/mol. The molecule has 1 N–H and O–H groups in total. The van der Waals surface area contributed by atoms with Gasteiger partial charge in [-0.15, -0.1) is 0 Å². The molecule has 9 heteroatoms. The summed E-state index contributed by atoms with van der Waals surface area (Å²) in [5, 5.41) is 4.53. The first-order valence-corrected chi connectivity index (χ1v) is 10.2. The van der Waals surface area contributed by atoms with Crippen LogP contribution in [-0.4, -0.2) is 65.8 Å². The van der Waals surface area contributed by atoms with Crippen molar-refractivity contribution in [2.45, 2.75) is 25.8 Å². The molecule has 0 radical (unpaired) electrons. The van der Waals surface area contributed by atoms with Crippen LogP contribution in [0.3, 0.4) is 0 Å². The van der Waals surface area contributed by atoms with E-state index in [1.54, 1.807) is 25.4 Å². The molecule has 0 aliphatic carbocycles. The number of hydrogen-bond acceptors (Lipinski definition) is 7. The molecule has 2 saturated heterocycles. The van der Waals surface area contributed by atoms with E-state index in [4.69, 9.17) is 21.7 Å². The Balaban J connectivity index is 1.49. The SMILES string of the molecule is COc1cc2ncnc(N3CCC(CN4C(=O)C(C)NC4=S)CC3)c2cc1OC. The fraction of sp³-hybridized carbons (Fsp3) is 0.500. The molecule has 2 aliphatic rings. The number of amides is 1. The molecule has 8 nitrogen and oxygen atoms in total. The second kappa shape index (κ2) is 7.98. The van der Waals surface area contributed by atoms with Gasteiger partial charge in [-0.05, 0) is 44.0 Å². The molecule has 154 valence electrons. The number of carbonyl (C=O) groups excluding carboxylic acids is 1. The number of nitrogens with zero attached hydrogens (tertiary/aromatic N) is 4. The van der Waals surface area contributed by atoms with Gasteiger partial charge in [0.2, 0.25) is 0 Å². The van der Waals surface area contributed by atoms with Crippen LogP contribution < -0.4 is 19.7 Å². The van der Waals surface area contributed by atoms with Crippen LogP contribution in [0.4, 0.5) is 5.82 Å². The van der Waals surface area contributed by atoms with Crippen molar-refractivity contribution >= 4 is 40.0 Å². The van der Waals surface area contributed by atoms with E-state index in [9.17, 15) is 4.79 Å². The minimum atomic E-state index is -0.220. The van der Waals surface area contributed by atoms with Crippen LogP contribution in [0.5, 0.6) is 11.5 Å². The maximum atomic E-state index is 12.3. The van der Waals surface area contributed by atoms with E-state index >= 15 is 0 Å². The van der Waals surface area contributed by atoms with Crippen LogP contribution >= 0.6 is 12.2 Å². The molecular weight excluding hydrogens is 390 g/mol. The first-order valence-electron chi connectivity index (χ1n) is 9.75. The van der Waals surface area contributed by atoms with Crippen molar-refractivity contribution in [3.63, 3.8) is 0 Å². The van der Waals surface area contributed by atoms with Gasteiger partial charge in [0.1, 0.15) is 18.2 Å². The molecule has 1 amide bonds. The van der Waals surface area contributed by atoms with Crippen LogP contribution in [0.1, 0.15) is 19.8 Å². The highest BCUT2D eigenvalue weighted by atomic mass is 32.1. The van der Waals surface area contributed by atoms with Crippen molar-refractivity contribution in [3.05, 3.63) is 18.5 Å². The van der Waals surface area contributed by atoms with Gasteiger partial charge in [-0.2, -0.15) is 0 Å². The van der Waals surface area contributed by atoms with Crippen LogP contribution in [0.2, 0.25) is 0 Å². The van der Waals surface area contributed by atoms with Crippen molar-refractivity contribution < 1.29 is 14.3 Å². The largest absolute Gasteiger partial charge is 0.493 e. The Labute approximate surface area is 175 Å². The number of fused-ring (bicyclic) bond motifs is 1. The lowest BCUT2D eigenvalue weighted by Gasteiger charge is -2.34. The summed E-state index contributed by atoms with van der Waals surface area (Å²) in [6.07, 6.45) is 3.53. The normalized spacial score (nSPS) is 20.3. The van der Waals surface area contributed by atoms with Gasteiger partial charge in [-0.3, -0.25) is 9.69 Å². The van der Waals surface area contributed by atoms with E-state index in [2.05, 4.69) is 20.2 Å². The standard InChI is InChI=1S/C20H25N5O3S/c1-12-19(26)25(20(29)23-12)10-13-4-6-24(7-5-13)18-14-8-16(27-2)17(28-3)9-15(14)21-11-22-18/h8-9,11-13H,4-7,10H2,1-3H3,(H,23,29). The highest BCUT2D eigenvalue weighted by molar-refractivity contribution is 7.80. The number of ether oxygens (including phenoxy) is 2. The third-order valence-corrected chi connectivity index (χ3v) is 6.03. The van der Waals surface area contributed by atoms with Gasteiger partial charge in [0.25, 0.3) is 5.91 Å². The molecule has 1 aromatic carbocycles. The zero-order valence-electron chi connectivity index (χ0n) is 16.8. The number of nitrogens with one attached hydrogen (secondary N) is 1. The lowest BCUT2D eigenvalue weighted by atomic mass is 9.96. The second-order valence-electron chi connectivity index (χ2n) is 7.47. The number of carbonyl (C=O) groups is 1. The summed E-state index contributed by atoms with van der Waals surface area (Å²) in [6.45, 7) is 4.25. The molecule has 0 saturated carbocycles. The van der Waals surface area contributed by atoms with Gasteiger partial charge in [-0.25, -0.2) is 9.97 Å². The topological polar surface area (TPSA) is 79.8 Å². The number of thiocarbonyl (C=S) groups is 1. The van der Waals surface area contributed by atoms with Gasteiger partial charge >= 0.3 is 0 Å². The van der Waals surface area contributed by atoms with Crippen molar-refractivity contribution in [1.29, 1.82) is 0 Å². The number of methoxy groups -OCH3 is 2. The van der Waals surface area contributed by atoms with E-state index in [0.717, 1.165) is 42.7 Å². The van der Waals surface area contributed by atoms with Gasteiger partial charge in [-0.1, -0.05) is 0 Å². The number of benzene rings is 1. The summed E-state index contributed by atoms with van der Waals surface area (Å²) in [4.78, 5) is 25.2. The van der Waals surface area contributed by atoms with Gasteiger partial charge < -0.3 is 19.7 Å². The number of rotatable bonds is 5. The monoisotopic (exact) mass is 415 g/mol. The zero-order valence-corrected chi connectivity index (χ0v) is 17.7. The summed E-state index contributed by atoms with van der Waals surface area (Å²) in [5.41, 5.74) is 0.822. The third-order valence-electron chi connectivity index (χ3n) is 5.70. The van der Waals surface area contributed by atoms with Crippen LogP contribution in [0, 0.1) is 5.92 Å². The summed E-state index contributed by atoms with van der Waals surface area (Å²) >= 11 is 5.30. The molecule has 1 atom stereocenters. The maximum Gasteiger partial charge on any atom is 0.251 e. The zero-order chi connectivity index (χ0) is 20.5. The summed E-state index contributed by atoms with van der Waals surface area (Å²) in [5.74, 6) is 2.70. The number of aromatic nitrogens is 2. The van der Waals surface area contributed by atoms with Crippen LogP contribution in [-0.2, 0) is 4.79 Å². The molecule has 2 aliphatic heterocycles. The average molecular weight is 416 g/mol. The van der Waals surface area contributed by atoms with Crippen LogP contribution in [0.25, 0.3) is 10.9 Å². The third kappa shape index (κ3) is 3.66. The van der Waals surface area contributed by atoms with Gasteiger partial charge in [0.15, 0.2) is 16.6 Å². The molecule has 1 aromatic heterocycles. The average Bonchev–Trinajstić information content (AvgIpc) is 2.98. The second-order valence-corrected chi connectivity index (χ2v) is 7.86. The fourth-order valence-electron chi connectivity index (χ4n) is 4.04. The molecule has 29 heavy (non-hydrogen) atoms. The van der Waals surface area contributed by atoms with E-state index in [-0.39, 0.29) is 11.9 Å². The minimum absolute atomic E-state index is 0.0697. The van der Waals surface area contributed by atoms with E-state index < -0.39 is 0 Å². The maximum absolute atomic E-state index is 12.3. The highest BCUT2D eigenvalue weighted by Crippen LogP contribution is 2.35. The Kier molecular flexibility index (Phi) is 5.40. The van der Waals surface area contributed by atoms with Crippen molar-refractivity contribution in [3.8, 4) is 11.5 Å². The molecule has 1 unspecified atom stereocenters. The Morgan fingerprint density at radius 3 is 2.48 bits per heavy atom. The molecular formula is C20H25N5O3S. The quantitative estimate of drug-likeness (QED) is 0.743. The van der Waals surface area contributed by atoms with E-state index in [0.29, 0.717) is 29.1 Å². The van der Waals surface area contributed by atoms with E-state index in [1.807, 2.05) is 19.1 Å². The Hall–Kier alpha value is -2.68.